The van der Waals surface area contributed by atoms with Gasteiger partial charge in [-0.2, -0.15) is 5.26 Å². The van der Waals surface area contributed by atoms with E-state index in [0.717, 1.165) is 23.2 Å². The number of aryl methyl sites for hydroxylation is 1. The first-order valence-electron chi connectivity index (χ1n) is 6.56. The third kappa shape index (κ3) is 2.05. The van der Waals surface area contributed by atoms with Crippen LogP contribution < -0.4 is 10.5 Å². The number of hydrogen-bond acceptors (Lipinski definition) is 4. The van der Waals surface area contributed by atoms with Crippen LogP contribution in [-0.2, 0) is 6.42 Å². The fourth-order valence-electron chi connectivity index (χ4n) is 2.60. The zero-order valence-electron chi connectivity index (χ0n) is 11.4. The van der Waals surface area contributed by atoms with E-state index >= 15 is 0 Å². The molecule has 1 aliphatic rings. The molecule has 0 spiro atoms. The van der Waals surface area contributed by atoms with Gasteiger partial charge in [-0.1, -0.05) is 36.7 Å². The second-order valence-electron chi connectivity index (χ2n) is 4.72. The second kappa shape index (κ2) is 5.15. The molecule has 1 atom stereocenters. The van der Waals surface area contributed by atoms with Crippen LogP contribution in [0.15, 0.2) is 35.7 Å². The fourth-order valence-corrected chi connectivity index (χ4v) is 2.84. The van der Waals surface area contributed by atoms with Crippen molar-refractivity contribution in [1.29, 1.82) is 5.26 Å². The maximum absolute atomic E-state index is 9.47. The van der Waals surface area contributed by atoms with Crippen molar-refractivity contribution in [2.45, 2.75) is 19.3 Å². The molecule has 0 amide bonds. The Hall–Kier alpha value is -2.45. The maximum Gasteiger partial charge on any atom is 0.244 e. The van der Waals surface area contributed by atoms with E-state index in [0.29, 0.717) is 16.5 Å². The van der Waals surface area contributed by atoms with E-state index in [9.17, 15) is 5.26 Å². The first kappa shape index (κ1) is 13.5. The monoisotopic (exact) mass is 300 g/mol. The minimum absolute atomic E-state index is 0.0732. The Morgan fingerprint density at radius 2 is 2.24 bits per heavy atom. The summed E-state index contributed by atoms with van der Waals surface area (Å²) in [4.78, 5) is 0. The molecule has 0 bridgehead atoms. The first-order chi connectivity index (χ1) is 10.2. The Morgan fingerprint density at radius 1 is 1.48 bits per heavy atom. The van der Waals surface area contributed by atoms with Crippen molar-refractivity contribution >= 4 is 11.6 Å². The van der Waals surface area contributed by atoms with Gasteiger partial charge in [0.2, 0.25) is 11.8 Å². The average Bonchev–Trinajstić information content (AvgIpc) is 2.89. The van der Waals surface area contributed by atoms with Crippen LogP contribution >= 0.6 is 11.6 Å². The van der Waals surface area contributed by atoms with E-state index in [1.165, 1.54) is 0 Å². The van der Waals surface area contributed by atoms with Crippen molar-refractivity contribution in [1.82, 2.24) is 10.2 Å². The van der Waals surface area contributed by atoms with Crippen molar-refractivity contribution < 1.29 is 4.74 Å². The third-order valence-corrected chi connectivity index (χ3v) is 3.93. The highest BCUT2D eigenvalue weighted by atomic mass is 35.5. The van der Waals surface area contributed by atoms with Crippen LogP contribution in [0.25, 0.3) is 0 Å². The number of hydrogen-bond donors (Lipinski definition) is 2. The van der Waals surface area contributed by atoms with E-state index in [4.69, 9.17) is 22.1 Å². The van der Waals surface area contributed by atoms with Crippen molar-refractivity contribution in [3.05, 3.63) is 57.6 Å². The molecule has 1 aliphatic heterocycles. The molecule has 3 N–H and O–H groups in total. The SMILES string of the molecule is CCc1[nH]nc2c1[C@H](c1ccccc1Cl)C(C#N)=C(N)O2. The first-order valence-corrected chi connectivity index (χ1v) is 6.94. The number of H-pyrrole nitrogens is 1. The highest BCUT2D eigenvalue weighted by Crippen LogP contribution is 2.44. The van der Waals surface area contributed by atoms with Crippen LogP contribution in [0.2, 0.25) is 5.02 Å². The lowest BCUT2D eigenvalue weighted by Gasteiger charge is -2.24. The molecule has 0 saturated heterocycles. The van der Waals surface area contributed by atoms with Crippen LogP contribution in [0.5, 0.6) is 5.88 Å². The summed E-state index contributed by atoms with van der Waals surface area (Å²) in [7, 11) is 0. The maximum atomic E-state index is 9.47. The van der Waals surface area contributed by atoms with Crippen LogP contribution in [0.1, 0.15) is 29.7 Å². The van der Waals surface area contributed by atoms with E-state index in [2.05, 4.69) is 16.3 Å². The molecule has 0 radical (unpaired) electrons. The number of halogens is 1. The van der Waals surface area contributed by atoms with Crippen molar-refractivity contribution in [3.63, 3.8) is 0 Å². The molecule has 6 heteroatoms. The molecule has 3 rings (SSSR count). The Bertz CT molecular complexity index is 772. The fraction of sp³-hybridized carbons (Fsp3) is 0.200. The summed E-state index contributed by atoms with van der Waals surface area (Å²) in [6.07, 6.45) is 0.741. The van der Waals surface area contributed by atoms with Gasteiger partial charge in [-0.15, -0.1) is 5.10 Å². The molecule has 1 aromatic carbocycles. The van der Waals surface area contributed by atoms with Gasteiger partial charge in [0.15, 0.2) is 0 Å². The molecule has 2 aromatic rings. The predicted molar refractivity (Wildman–Crippen MR) is 78.7 cm³/mol. The van der Waals surface area contributed by atoms with Crippen LogP contribution in [0.3, 0.4) is 0 Å². The molecule has 1 aromatic heterocycles. The van der Waals surface area contributed by atoms with Gasteiger partial charge in [0.1, 0.15) is 11.6 Å². The lowest BCUT2D eigenvalue weighted by atomic mass is 9.83. The number of aromatic nitrogens is 2. The van der Waals surface area contributed by atoms with Gasteiger partial charge >= 0.3 is 0 Å². The lowest BCUT2D eigenvalue weighted by molar-refractivity contribution is 0.378. The molecular formula is C15H13ClN4O. The molecule has 2 heterocycles. The molecule has 21 heavy (non-hydrogen) atoms. The summed E-state index contributed by atoms with van der Waals surface area (Å²) in [5.74, 6) is 0.124. The molecule has 0 fully saturated rings. The summed E-state index contributed by atoms with van der Waals surface area (Å²) in [6, 6.07) is 9.55. The number of fused-ring (bicyclic) bond motifs is 1. The van der Waals surface area contributed by atoms with E-state index in [1.54, 1.807) is 6.07 Å². The van der Waals surface area contributed by atoms with Gasteiger partial charge in [-0.25, -0.2) is 0 Å². The molecule has 0 aliphatic carbocycles. The summed E-state index contributed by atoms with van der Waals surface area (Å²) < 4.78 is 5.46. The lowest BCUT2D eigenvalue weighted by Crippen LogP contribution is -2.21. The number of rotatable bonds is 2. The van der Waals surface area contributed by atoms with Crippen LogP contribution in [0.4, 0.5) is 0 Å². The minimum atomic E-state index is -0.360. The Balaban J connectivity index is 2.28. The highest BCUT2D eigenvalue weighted by Gasteiger charge is 2.35. The zero-order valence-corrected chi connectivity index (χ0v) is 12.1. The summed E-state index contributed by atoms with van der Waals surface area (Å²) in [6.45, 7) is 2.01. The largest absolute Gasteiger partial charge is 0.420 e. The van der Waals surface area contributed by atoms with Gasteiger partial charge in [-0.05, 0) is 18.1 Å². The molecule has 106 valence electrons. The number of nitrogens with two attached hydrogens (primary N) is 1. The highest BCUT2D eigenvalue weighted by molar-refractivity contribution is 6.31. The third-order valence-electron chi connectivity index (χ3n) is 3.59. The van der Waals surface area contributed by atoms with Crippen molar-refractivity contribution in [3.8, 4) is 11.9 Å². The number of aromatic amines is 1. The number of allylic oxidation sites excluding steroid dienone is 1. The van der Waals surface area contributed by atoms with Gasteiger partial charge in [0.05, 0.1) is 11.5 Å². The topological polar surface area (TPSA) is 87.7 Å². The number of nitrogens with one attached hydrogen (secondary N) is 1. The van der Waals surface area contributed by atoms with Crippen LogP contribution in [-0.4, -0.2) is 10.2 Å². The minimum Gasteiger partial charge on any atom is -0.420 e. The quantitative estimate of drug-likeness (QED) is 0.892. The molecule has 5 nitrogen and oxygen atoms in total. The molecule has 0 unspecified atom stereocenters. The van der Waals surface area contributed by atoms with E-state index in [-0.39, 0.29) is 11.8 Å². The Labute approximate surface area is 127 Å². The number of ether oxygens (including phenoxy) is 1. The van der Waals surface area contributed by atoms with Gasteiger partial charge in [-0.3, -0.25) is 5.10 Å². The van der Waals surface area contributed by atoms with Crippen molar-refractivity contribution in [2.75, 3.05) is 0 Å². The summed E-state index contributed by atoms with van der Waals surface area (Å²) in [5, 5.41) is 17.1. The zero-order chi connectivity index (χ0) is 15.0. The smallest absolute Gasteiger partial charge is 0.244 e. The number of nitrogens with zero attached hydrogens (tertiary/aromatic N) is 2. The summed E-state index contributed by atoms with van der Waals surface area (Å²) in [5.41, 5.74) is 8.79. The Kier molecular flexibility index (Phi) is 3.32. The Morgan fingerprint density at radius 3 is 2.90 bits per heavy atom. The number of nitriles is 1. The molecule has 0 saturated carbocycles. The number of benzene rings is 1. The van der Waals surface area contributed by atoms with E-state index in [1.807, 2.05) is 25.1 Å². The second-order valence-corrected chi connectivity index (χ2v) is 5.13. The van der Waals surface area contributed by atoms with Gasteiger partial charge in [0, 0.05) is 10.7 Å². The van der Waals surface area contributed by atoms with Crippen molar-refractivity contribution in [2.24, 2.45) is 5.73 Å². The van der Waals surface area contributed by atoms with Crippen LogP contribution in [0, 0.1) is 11.3 Å². The van der Waals surface area contributed by atoms with Gasteiger partial charge < -0.3 is 10.5 Å². The summed E-state index contributed by atoms with van der Waals surface area (Å²) >= 11 is 6.31. The normalized spacial score (nSPS) is 17.1. The average molecular weight is 301 g/mol. The van der Waals surface area contributed by atoms with E-state index < -0.39 is 0 Å². The predicted octanol–water partition coefficient (Wildman–Crippen LogP) is 2.84. The standard InChI is InChI=1S/C15H13ClN4O/c1-2-11-13-12(8-5-3-4-6-10(8)16)9(7-17)14(18)21-15(13)20-19-11/h3-6,12H,2,18H2,1H3,(H,19,20)/t12-/m1/s1. The van der Waals surface area contributed by atoms with Gasteiger partial charge in [0.25, 0.3) is 0 Å². The molecular weight excluding hydrogens is 288 g/mol.